The van der Waals surface area contributed by atoms with Crippen LogP contribution in [0, 0.1) is 5.92 Å². The Bertz CT molecular complexity index is 1240. The topological polar surface area (TPSA) is 77.5 Å². The smallest absolute Gasteiger partial charge is 0.163 e. The van der Waals surface area contributed by atoms with E-state index in [1.54, 1.807) is 25.3 Å². The van der Waals surface area contributed by atoms with E-state index in [0.29, 0.717) is 17.5 Å². The third-order valence-electron chi connectivity index (χ3n) is 7.21. The van der Waals surface area contributed by atoms with Gasteiger partial charge in [0.05, 0.1) is 26.8 Å². The molecule has 1 saturated heterocycles. The monoisotopic (exact) mass is 512 g/mol. The number of halogens is 2. The van der Waals surface area contributed by atoms with Crippen molar-refractivity contribution >= 4 is 45.6 Å². The minimum absolute atomic E-state index is 0.0154. The van der Waals surface area contributed by atoms with E-state index in [4.69, 9.17) is 23.2 Å². The molecule has 1 aliphatic carbocycles. The molecule has 6 nitrogen and oxygen atoms in total. The first-order valence-corrected chi connectivity index (χ1v) is 13.0. The summed E-state index contributed by atoms with van der Waals surface area (Å²) in [4.78, 5) is 19.6. The van der Waals surface area contributed by atoms with Gasteiger partial charge in [-0.2, -0.15) is 0 Å². The average molecular weight is 513 g/mol. The van der Waals surface area contributed by atoms with Crippen molar-refractivity contribution in [3.63, 3.8) is 0 Å². The van der Waals surface area contributed by atoms with Gasteiger partial charge in [-0.05, 0) is 67.5 Å². The van der Waals surface area contributed by atoms with Gasteiger partial charge in [0.25, 0.3) is 0 Å². The summed E-state index contributed by atoms with van der Waals surface area (Å²) < 4.78 is 0. The summed E-state index contributed by atoms with van der Waals surface area (Å²) in [6.45, 7) is 7.10. The molecule has 2 aromatic carbocycles. The summed E-state index contributed by atoms with van der Waals surface area (Å²) in [7, 11) is 0. The second kappa shape index (κ2) is 10.3. The number of carbonyl (C=O) groups excluding carboxylic acids is 1. The number of nitrogens with zero attached hydrogens (tertiary/aromatic N) is 2. The maximum Gasteiger partial charge on any atom is 0.163 e. The van der Waals surface area contributed by atoms with Gasteiger partial charge in [0, 0.05) is 50.3 Å². The van der Waals surface area contributed by atoms with E-state index in [-0.39, 0.29) is 21.6 Å². The van der Waals surface area contributed by atoms with Crippen molar-refractivity contribution in [1.29, 1.82) is 0 Å². The minimum atomic E-state index is -0.127. The van der Waals surface area contributed by atoms with E-state index < -0.39 is 0 Å². The molecule has 0 radical (unpaired) electrons. The molecule has 0 spiro atoms. The summed E-state index contributed by atoms with van der Waals surface area (Å²) in [5, 5.41) is 18.4. The highest BCUT2D eigenvalue weighted by Gasteiger charge is 2.28. The Kier molecular flexibility index (Phi) is 7.17. The van der Waals surface area contributed by atoms with Crippen LogP contribution in [0.5, 0.6) is 5.75 Å². The van der Waals surface area contributed by atoms with Crippen LogP contribution < -0.4 is 10.6 Å². The number of benzene rings is 2. The molecule has 8 heteroatoms. The van der Waals surface area contributed by atoms with Gasteiger partial charge in [-0.1, -0.05) is 29.3 Å². The highest BCUT2D eigenvalue weighted by molar-refractivity contribution is 6.37. The first-order valence-electron chi connectivity index (χ1n) is 12.2. The van der Waals surface area contributed by atoms with Crippen LogP contribution in [0.3, 0.4) is 0 Å². The molecule has 1 aliphatic heterocycles. The molecule has 2 aliphatic rings. The van der Waals surface area contributed by atoms with Gasteiger partial charge >= 0.3 is 0 Å². The van der Waals surface area contributed by atoms with Crippen molar-refractivity contribution in [1.82, 2.24) is 15.2 Å². The van der Waals surface area contributed by atoms with Gasteiger partial charge in [-0.25, -0.2) is 0 Å². The second-order valence-corrected chi connectivity index (χ2v) is 10.5. The number of Topliss-reactive ketones (excluding diaryl/α,β-unsaturated/α-hetero) is 1. The summed E-state index contributed by atoms with van der Waals surface area (Å²) in [5.74, 6) is 0.520. The van der Waals surface area contributed by atoms with Crippen LogP contribution in [0.25, 0.3) is 22.0 Å². The number of hydrogen-bond acceptors (Lipinski definition) is 6. The minimum Gasteiger partial charge on any atom is -0.505 e. The van der Waals surface area contributed by atoms with Crippen molar-refractivity contribution in [3.05, 3.63) is 52.1 Å². The number of hydrogen-bond donors (Lipinski definition) is 3. The number of phenolic OH excluding ortho intramolecular Hbond substituents is 1. The van der Waals surface area contributed by atoms with Crippen molar-refractivity contribution < 1.29 is 9.90 Å². The van der Waals surface area contributed by atoms with Crippen LogP contribution in [-0.2, 0) is 0 Å². The van der Waals surface area contributed by atoms with Crippen molar-refractivity contribution in [2.45, 2.75) is 32.2 Å². The van der Waals surface area contributed by atoms with E-state index in [1.807, 2.05) is 18.2 Å². The lowest BCUT2D eigenvalue weighted by Gasteiger charge is -2.29. The van der Waals surface area contributed by atoms with Crippen molar-refractivity contribution in [2.24, 2.45) is 5.92 Å². The molecule has 0 bridgehead atoms. The fourth-order valence-corrected chi connectivity index (χ4v) is 5.85. The van der Waals surface area contributed by atoms with Crippen LogP contribution in [0.2, 0.25) is 10.0 Å². The fourth-order valence-electron chi connectivity index (χ4n) is 5.36. The zero-order chi connectivity index (χ0) is 24.5. The van der Waals surface area contributed by atoms with Crippen molar-refractivity contribution in [2.75, 3.05) is 38.0 Å². The molecule has 2 fully saturated rings. The molecular formula is C27H30Cl2N4O2. The van der Waals surface area contributed by atoms with E-state index in [1.165, 1.54) is 6.42 Å². The Balaban J connectivity index is 1.45. The van der Waals surface area contributed by atoms with E-state index in [2.05, 4.69) is 20.5 Å². The van der Waals surface area contributed by atoms with Crippen molar-refractivity contribution in [3.8, 4) is 16.9 Å². The molecule has 2 atom stereocenters. The molecule has 2 heterocycles. The first kappa shape index (κ1) is 24.3. The van der Waals surface area contributed by atoms with E-state index >= 15 is 0 Å². The maximum atomic E-state index is 12.5. The number of rotatable bonds is 6. The SMILES string of the molecule is CC(=O)c1cnc2ccc(-c3cc(Cl)c(O)c(Cl)c3)cc2c1NC1CCC(CN2CCNCC2)C1. The largest absolute Gasteiger partial charge is 0.505 e. The van der Waals surface area contributed by atoms with Gasteiger partial charge < -0.3 is 20.6 Å². The molecule has 184 valence electrons. The Morgan fingerprint density at radius 1 is 1.14 bits per heavy atom. The molecule has 1 saturated carbocycles. The third kappa shape index (κ3) is 5.26. The van der Waals surface area contributed by atoms with Crippen LogP contribution in [0.15, 0.2) is 36.5 Å². The predicted octanol–water partition coefficient (Wildman–Crippen LogP) is 5.60. The van der Waals surface area contributed by atoms with Crippen LogP contribution in [0.4, 0.5) is 5.69 Å². The van der Waals surface area contributed by atoms with Crippen LogP contribution >= 0.6 is 23.2 Å². The number of aromatic nitrogens is 1. The molecule has 3 N–H and O–H groups in total. The summed E-state index contributed by atoms with van der Waals surface area (Å²) in [6, 6.07) is 9.60. The Labute approximate surface area is 215 Å². The normalized spacial score (nSPS) is 20.9. The standard InChI is InChI=1S/C27H30Cl2N4O2/c1-16(34)22-14-31-25-5-3-18(19-12-23(28)27(35)24(29)13-19)11-21(25)26(22)32-20-4-2-17(10-20)15-33-8-6-30-7-9-33/h3,5,11-14,17,20,30,35H,2,4,6-10,15H2,1H3,(H,31,32). The number of ketones is 1. The molecule has 1 aromatic heterocycles. The lowest BCUT2D eigenvalue weighted by molar-refractivity contribution is 0.101. The summed E-state index contributed by atoms with van der Waals surface area (Å²) in [6.07, 6.45) is 5.04. The van der Waals surface area contributed by atoms with Crippen LogP contribution in [-0.4, -0.2) is 59.5 Å². The quantitative estimate of drug-likeness (QED) is 0.373. The van der Waals surface area contributed by atoms with Gasteiger partial charge in [0.15, 0.2) is 11.5 Å². The van der Waals surface area contributed by atoms with Gasteiger partial charge in [0.2, 0.25) is 0 Å². The number of carbonyl (C=O) groups is 1. The number of aromatic hydroxyl groups is 1. The highest BCUT2D eigenvalue weighted by Crippen LogP contribution is 2.39. The Morgan fingerprint density at radius 3 is 2.60 bits per heavy atom. The first-order chi connectivity index (χ1) is 16.9. The lowest BCUT2D eigenvalue weighted by atomic mass is 9.99. The van der Waals surface area contributed by atoms with Crippen LogP contribution in [0.1, 0.15) is 36.5 Å². The number of nitrogens with one attached hydrogen (secondary N) is 2. The zero-order valence-electron chi connectivity index (χ0n) is 19.8. The van der Waals surface area contributed by atoms with Gasteiger partial charge in [-0.15, -0.1) is 0 Å². The van der Waals surface area contributed by atoms with E-state index in [9.17, 15) is 9.90 Å². The fraction of sp³-hybridized carbons (Fsp3) is 0.407. The lowest BCUT2D eigenvalue weighted by Crippen LogP contribution is -2.45. The number of piperazine rings is 1. The predicted molar refractivity (Wildman–Crippen MR) is 143 cm³/mol. The highest BCUT2D eigenvalue weighted by atomic mass is 35.5. The number of anilines is 1. The molecule has 5 rings (SSSR count). The third-order valence-corrected chi connectivity index (χ3v) is 7.79. The molecule has 2 unspecified atom stereocenters. The summed E-state index contributed by atoms with van der Waals surface area (Å²) in [5.41, 5.74) is 3.92. The number of fused-ring (bicyclic) bond motifs is 1. The maximum absolute atomic E-state index is 12.5. The average Bonchev–Trinajstić information content (AvgIpc) is 3.29. The van der Waals surface area contributed by atoms with Gasteiger partial charge in [0.1, 0.15) is 0 Å². The molecule has 0 amide bonds. The molecule has 35 heavy (non-hydrogen) atoms. The molecular weight excluding hydrogens is 483 g/mol. The van der Waals surface area contributed by atoms with E-state index in [0.717, 1.165) is 73.3 Å². The Hall–Kier alpha value is -2.38. The second-order valence-electron chi connectivity index (χ2n) is 9.69. The van der Waals surface area contributed by atoms with Gasteiger partial charge in [-0.3, -0.25) is 9.78 Å². The number of phenols is 1. The number of pyridine rings is 1. The molecule has 3 aromatic rings. The zero-order valence-corrected chi connectivity index (χ0v) is 21.3. The Morgan fingerprint density at radius 2 is 1.89 bits per heavy atom. The summed E-state index contributed by atoms with van der Waals surface area (Å²) >= 11 is 12.3.